The summed E-state index contributed by atoms with van der Waals surface area (Å²) in [6.07, 6.45) is 4.07. The number of fused-ring (bicyclic) bond motifs is 1. The molecule has 1 heterocycles. The third kappa shape index (κ3) is 3.48. The van der Waals surface area contributed by atoms with Gasteiger partial charge in [-0.15, -0.1) is 11.3 Å². The van der Waals surface area contributed by atoms with Crippen molar-refractivity contribution < 1.29 is 14.3 Å². The van der Waals surface area contributed by atoms with E-state index in [9.17, 15) is 9.59 Å². The van der Waals surface area contributed by atoms with Crippen LogP contribution in [-0.2, 0) is 22.4 Å². The highest BCUT2D eigenvalue weighted by Gasteiger charge is 2.28. The molecule has 116 valence electrons. The van der Waals surface area contributed by atoms with E-state index in [2.05, 4.69) is 21.2 Å². The first-order valence-corrected chi connectivity index (χ1v) is 8.86. The summed E-state index contributed by atoms with van der Waals surface area (Å²) in [6, 6.07) is 0. The van der Waals surface area contributed by atoms with Gasteiger partial charge in [-0.2, -0.15) is 0 Å². The monoisotopic (exact) mass is 373 g/mol. The Bertz CT molecular complexity index is 553. The van der Waals surface area contributed by atoms with Crippen LogP contribution in [0.15, 0.2) is 0 Å². The minimum absolute atomic E-state index is 0.117. The molecule has 1 aliphatic carbocycles. The van der Waals surface area contributed by atoms with Crippen molar-refractivity contribution in [1.29, 1.82) is 0 Å². The van der Waals surface area contributed by atoms with Crippen molar-refractivity contribution in [2.24, 2.45) is 5.92 Å². The van der Waals surface area contributed by atoms with Gasteiger partial charge in [0, 0.05) is 4.88 Å². The Balaban J connectivity index is 2.32. The molecular weight excluding hydrogens is 354 g/mol. The second kappa shape index (κ2) is 6.92. The Morgan fingerprint density at radius 3 is 2.57 bits per heavy atom. The molecule has 0 bridgehead atoms. The lowest BCUT2D eigenvalue weighted by atomic mass is 9.95. The molecule has 1 aromatic rings. The molecule has 1 aliphatic rings. The molecule has 1 aromatic heterocycles. The average molecular weight is 374 g/mol. The van der Waals surface area contributed by atoms with Crippen LogP contribution in [-0.4, -0.2) is 23.8 Å². The van der Waals surface area contributed by atoms with Crippen molar-refractivity contribution in [3.8, 4) is 0 Å². The second-order valence-electron chi connectivity index (χ2n) is 5.54. The van der Waals surface area contributed by atoms with E-state index in [-0.39, 0.29) is 22.6 Å². The lowest BCUT2D eigenvalue weighted by Crippen LogP contribution is -2.27. The third-order valence-electron chi connectivity index (χ3n) is 3.63. The lowest BCUT2D eigenvalue weighted by Gasteiger charge is -2.14. The number of ether oxygens (including phenoxy) is 1. The van der Waals surface area contributed by atoms with Crippen LogP contribution in [0.2, 0.25) is 0 Å². The molecule has 0 saturated heterocycles. The molecule has 0 aromatic carbocycles. The van der Waals surface area contributed by atoms with Crippen LogP contribution in [0, 0.1) is 5.92 Å². The van der Waals surface area contributed by atoms with Crippen molar-refractivity contribution in [3.05, 3.63) is 16.0 Å². The van der Waals surface area contributed by atoms with Crippen LogP contribution in [0.5, 0.6) is 0 Å². The van der Waals surface area contributed by atoms with Gasteiger partial charge in [-0.25, -0.2) is 4.79 Å². The number of amides is 1. The molecule has 6 heteroatoms. The third-order valence-corrected chi connectivity index (χ3v) is 6.31. The molecule has 0 spiro atoms. The fourth-order valence-corrected chi connectivity index (χ4v) is 3.85. The van der Waals surface area contributed by atoms with Crippen molar-refractivity contribution in [2.45, 2.75) is 44.4 Å². The fraction of sp³-hybridized carbons (Fsp3) is 0.600. The first kappa shape index (κ1) is 16.5. The number of carbonyl (C=O) groups is 2. The summed E-state index contributed by atoms with van der Waals surface area (Å²) in [5.41, 5.74) is 1.61. The highest BCUT2D eigenvalue weighted by molar-refractivity contribution is 9.10. The van der Waals surface area contributed by atoms with Gasteiger partial charge in [0.2, 0.25) is 5.91 Å². The Labute approximate surface area is 137 Å². The number of hydrogen-bond donors (Lipinski definition) is 1. The Kier molecular flexibility index (Phi) is 5.43. The summed E-state index contributed by atoms with van der Waals surface area (Å²) < 4.78 is 4.90. The van der Waals surface area contributed by atoms with Gasteiger partial charge in [0.25, 0.3) is 0 Å². The number of esters is 1. The zero-order valence-corrected chi connectivity index (χ0v) is 14.9. The summed E-state index contributed by atoms with van der Waals surface area (Å²) in [5, 5.41) is 3.52. The van der Waals surface area contributed by atoms with E-state index in [1.807, 2.05) is 13.8 Å². The largest absolute Gasteiger partial charge is 0.465 e. The number of hydrogen-bond acceptors (Lipinski definition) is 4. The van der Waals surface area contributed by atoms with Crippen molar-refractivity contribution in [3.63, 3.8) is 0 Å². The van der Waals surface area contributed by atoms with Crippen molar-refractivity contribution in [2.75, 3.05) is 12.4 Å². The maximum atomic E-state index is 12.2. The van der Waals surface area contributed by atoms with E-state index in [4.69, 9.17) is 4.74 Å². The summed E-state index contributed by atoms with van der Waals surface area (Å²) in [6.45, 7) is 3.94. The van der Waals surface area contributed by atoms with Crippen LogP contribution in [0.1, 0.15) is 47.5 Å². The standard InChI is InChI=1S/C15H20BrNO3S/c1-8(2)12(16)13(18)17-14-11(15(19)20-3)9-6-4-5-7-10(9)21-14/h8,12H,4-7H2,1-3H3,(H,17,18). The second-order valence-corrected chi connectivity index (χ2v) is 7.63. The van der Waals surface area contributed by atoms with Gasteiger partial charge in [-0.1, -0.05) is 29.8 Å². The van der Waals surface area contributed by atoms with Crippen LogP contribution in [0.3, 0.4) is 0 Å². The molecule has 4 nitrogen and oxygen atoms in total. The number of methoxy groups -OCH3 is 1. The minimum Gasteiger partial charge on any atom is -0.465 e. The molecule has 21 heavy (non-hydrogen) atoms. The summed E-state index contributed by atoms with van der Waals surface area (Å²) >= 11 is 4.90. The molecule has 1 atom stereocenters. The number of rotatable bonds is 4. The van der Waals surface area contributed by atoms with Gasteiger partial charge in [-0.3, -0.25) is 4.79 Å². The first-order valence-electron chi connectivity index (χ1n) is 7.13. The molecule has 0 saturated carbocycles. The zero-order valence-electron chi connectivity index (χ0n) is 12.5. The maximum absolute atomic E-state index is 12.2. The molecule has 0 aliphatic heterocycles. The van der Waals surface area contributed by atoms with Gasteiger partial charge in [0.1, 0.15) is 5.00 Å². The maximum Gasteiger partial charge on any atom is 0.341 e. The topological polar surface area (TPSA) is 55.4 Å². The predicted molar refractivity (Wildman–Crippen MR) is 88.5 cm³/mol. The minimum atomic E-state index is -0.361. The number of anilines is 1. The van der Waals surface area contributed by atoms with Crippen LogP contribution in [0.4, 0.5) is 5.00 Å². The number of aryl methyl sites for hydroxylation is 1. The van der Waals surface area contributed by atoms with Crippen LogP contribution >= 0.6 is 27.3 Å². The van der Waals surface area contributed by atoms with E-state index < -0.39 is 0 Å². The van der Waals surface area contributed by atoms with E-state index in [0.717, 1.165) is 31.2 Å². The Morgan fingerprint density at radius 1 is 1.29 bits per heavy atom. The highest BCUT2D eigenvalue weighted by atomic mass is 79.9. The summed E-state index contributed by atoms with van der Waals surface area (Å²) in [7, 11) is 1.38. The van der Waals surface area contributed by atoms with Gasteiger partial charge in [0.15, 0.2) is 0 Å². The highest BCUT2D eigenvalue weighted by Crippen LogP contribution is 2.38. The van der Waals surface area contributed by atoms with E-state index in [0.29, 0.717) is 10.6 Å². The molecular formula is C15H20BrNO3S. The van der Waals surface area contributed by atoms with Crippen LogP contribution in [0.25, 0.3) is 0 Å². The van der Waals surface area contributed by atoms with Gasteiger partial charge in [0.05, 0.1) is 17.5 Å². The first-order chi connectivity index (χ1) is 9.95. The fourth-order valence-electron chi connectivity index (χ4n) is 2.46. The van der Waals surface area contributed by atoms with Gasteiger partial charge in [-0.05, 0) is 37.2 Å². The Hall–Kier alpha value is -0.880. The zero-order chi connectivity index (χ0) is 15.6. The van der Waals surface area contributed by atoms with Crippen molar-refractivity contribution in [1.82, 2.24) is 0 Å². The van der Waals surface area contributed by atoms with E-state index in [1.54, 1.807) is 0 Å². The molecule has 1 amide bonds. The molecule has 0 fully saturated rings. The normalized spacial score (nSPS) is 15.5. The number of thiophene rings is 1. The Morgan fingerprint density at radius 2 is 1.95 bits per heavy atom. The number of carbonyl (C=O) groups excluding carboxylic acids is 2. The van der Waals surface area contributed by atoms with E-state index >= 15 is 0 Å². The van der Waals surface area contributed by atoms with E-state index in [1.165, 1.54) is 23.3 Å². The lowest BCUT2D eigenvalue weighted by molar-refractivity contribution is -0.116. The molecule has 1 unspecified atom stereocenters. The van der Waals surface area contributed by atoms with Gasteiger partial charge >= 0.3 is 5.97 Å². The molecule has 0 radical (unpaired) electrons. The van der Waals surface area contributed by atoms with Crippen LogP contribution < -0.4 is 5.32 Å². The SMILES string of the molecule is COC(=O)c1c(NC(=O)C(Br)C(C)C)sc2c1CCCC2. The number of nitrogens with one attached hydrogen (secondary N) is 1. The molecule has 1 N–H and O–H groups in total. The number of halogens is 1. The quantitative estimate of drug-likeness (QED) is 0.645. The van der Waals surface area contributed by atoms with Gasteiger partial charge < -0.3 is 10.1 Å². The van der Waals surface area contributed by atoms with Crippen molar-refractivity contribution >= 4 is 44.1 Å². The predicted octanol–water partition coefficient (Wildman–Crippen LogP) is 3.77. The average Bonchev–Trinajstić information content (AvgIpc) is 2.83. The smallest absolute Gasteiger partial charge is 0.341 e. The summed E-state index contributed by atoms with van der Waals surface area (Å²) in [4.78, 5) is 25.2. The number of alkyl halides is 1. The summed E-state index contributed by atoms with van der Waals surface area (Å²) in [5.74, 6) is -0.296. The molecule has 2 rings (SSSR count).